The normalized spacial score (nSPS) is 15.3. The number of thiocarbonyl (C=S) groups is 1. The molecule has 5 nitrogen and oxygen atoms in total. The maximum atomic E-state index is 5.39. The Morgan fingerprint density at radius 1 is 1.25 bits per heavy atom. The highest BCUT2D eigenvalue weighted by Crippen LogP contribution is 2.19. The summed E-state index contributed by atoms with van der Waals surface area (Å²) in [5, 5.41) is 7.24. The highest BCUT2D eigenvalue weighted by atomic mass is 32.1. The Hall–Kier alpha value is -1.37. The molecule has 1 fully saturated rings. The smallest absolute Gasteiger partial charge is 0.170 e. The van der Waals surface area contributed by atoms with Gasteiger partial charge in [-0.3, -0.25) is 0 Å². The van der Waals surface area contributed by atoms with Gasteiger partial charge in [0.05, 0.1) is 26.3 Å². The first kappa shape index (κ1) is 19.0. The van der Waals surface area contributed by atoms with Crippen LogP contribution in [0.2, 0.25) is 0 Å². The largest absolute Gasteiger partial charge is 0.370 e. The van der Waals surface area contributed by atoms with Gasteiger partial charge in [-0.1, -0.05) is 0 Å². The van der Waals surface area contributed by atoms with Crippen molar-refractivity contribution in [2.24, 2.45) is 0 Å². The Bertz CT molecular complexity index is 500. The molecular formula is C18H31N4OS+. The average Bonchev–Trinajstić information content (AvgIpc) is 2.58. The van der Waals surface area contributed by atoms with Gasteiger partial charge in [0.1, 0.15) is 13.1 Å². The molecule has 1 aromatic rings. The third-order valence-corrected chi connectivity index (χ3v) is 4.63. The van der Waals surface area contributed by atoms with Crippen LogP contribution in [0.3, 0.4) is 0 Å². The van der Waals surface area contributed by atoms with E-state index in [0.29, 0.717) is 11.2 Å². The Balaban J connectivity index is 1.75. The van der Waals surface area contributed by atoms with E-state index >= 15 is 0 Å². The molecule has 0 radical (unpaired) electrons. The number of anilines is 2. The van der Waals surface area contributed by atoms with Gasteiger partial charge in [-0.2, -0.15) is 0 Å². The zero-order valence-electron chi connectivity index (χ0n) is 15.1. The number of nitrogens with one attached hydrogen (secondary N) is 3. The van der Waals surface area contributed by atoms with Crippen molar-refractivity contribution in [2.45, 2.75) is 26.8 Å². The molecule has 0 atom stereocenters. The Morgan fingerprint density at radius 2 is 1.92 bits per heavy atom. The first-order chi connectivity index (χ1) is 11.6. The zero-order valence-corrected chi connectivity index (χ0v) is 15.9. The van der Waals surface area contributed by atoms with Crippen molar-refractivity contribution in [1.82, 2.24) is 5.32 Å². The minimum absolute atomic E-state index is 0.499. The van der Waals surface area contributed by atoms with Crippen molar-refractivity contribution in [3.05, 3.63) is 24.3 Å². The third-order valence-electron chi connectivity index (χ3n) is 4.38. The summed E-state index contributed by atoms with van der Waals surface area (Å²) < 4.78 is 5.37. The van der Waals surface area contributed by atoms with Crippen LogP contribution in [0.4, 0.5) is 11.4 Å². The molecule has 1 saturated heterocycles. The molecule has 0 bridgehead atoms. The molecule has 0 aromatic heterocycles. The molecule has 3 N–H and O–H groups in total. The van der Waals surface area contributed by atoms with Crippen LogP contribution in [0.5, 0.6) is 0 Å². The molecule has 1 aliphatic rings. The summed E-state index contributed by atoms with van der Waals surface area (Å²) >= 11 is 5.39. The Labute approximate surface area is 151 Å². The molecular weight excluding hydrogens is 320 g/mol. The molecule has 1 aliphatic heterocycles. The van der Waals surface area contributed by atoms with E-state index in [9.17, 15) is 0 Å². The van der Waals surface area contributed by atoms with E-state index in [4.69, 9.17) is 17.0 Å². The van der Waals surface area contributed by atoms with Crippen molar-refractivity contribution in [3.8, 4) is 0 Å². The molecule has 0 spiro atoms. The number of hydrogen-bond donors (Lipinski definition) is 3. The van der Waals surface area contributed by atoms with Gasteiger partial charge in [0, 0.05) is 24.0 Å². The molecule has 0 amide bonds. The lowest BCUT2D eigenvalue weighted by atomic mass is 10.2. The van der Waals surface area contributed by atoms with Crippen molar-refractivity contribution >= 4 is 28.7 Å². The summed E-state index contributed by atoms with van der Waals surface area (Å²) in [6, 6.07) is 8.96. The van der Waals surface area contributed by atoms with Gasteiger partial charge in [0.2, 0.25) is 0 Å². The van der Waals surface area contributed by atoms with Crippen molar-refractivity contribution in [1.29, 1.82) is 0 Å². The SMILES string of the molecule is CCN(c1ccc(NC(=S)NCC[NH+]2CCOCC2)cc1)C(C)C. The molecule has 24 heavy (non-hydrogen) atoms. The van der Waals surface area contributed by atoms with Gasteiger partial charge in [0.25, 0.3) is 0 Å². The van der Waals surface area contributed by atoms with Gasteiger partial charge in [0.15, 0.2) is 5.11 Å². The predicted molar refractivity (Wildman–Crippen MR) is 105 cm³/mol. The quantitative estimate of drug-likeness (QED) is 0.643. The maximum Gasteiger partial charge on any atom is 0.170 e. The summed E-state index contributed by atoms with van der Waals surface area (Å²) in [7, 11) is 0. The molecule has 0 aliphatic carbocycles. The second-order valence-corrected chi connectivity index (χ2v) is 6.83. The minimum atomic E-state index is 0.499. The van der Waals surface area contributed by atoms with Gasteiger partial charge in [-0.15, -0.1) is 0 Å². The van der Waals surface area contributed by atoms with Gasteiger partial charge >= 0.3 is 0 Å². The molecule has 1 aromatic carbocycles. The standard InChI is InChI=1S/C18H30N4OS/c1-4-22(15(2)3)17-7-5-16(6-8-17)20-18(24)19-9-10-21-11-13-23-14-12-21/h5-8,15H,4,9-14H2,1-3H3,(H2,19,20,24)/p+1. The monoisotopic (exact) mass is 351 g/mol. The Kier molecular flexibility index (Phi) is 7.75. The van der Waals surface area contributed by atoms with E-state index in [1.165, 1.54) is 5.69 Å². The first-order valence-electron chi connectivity index (χ1n) is 8.93. The number of rotatable bonds is 7. The number of hydrogen-bond acceptors (Lipinski definition) is 3. The van der Waals surface area contributed by atoms with Crippen molar-refractivity contribution in [2.75, 3.05) is 56.2 Å². The first-order valence-corrected chi connectivity index (χ1v) is 9.34. The number of benzene rings is 1. The van der Waals surface area contributed by atoms with Crippen LogP contribution in [0, 0.1) is 0 Å². The lowest BCUT2D eigenvalue weighted by molar-refractivity contribution is -0.906. The van der Waals surface area contributed by atoms with E-state index in [0.717, 1.165) is 51.6 Å². The van der Waals surface area contributed by atoms with E-state index < -0.39 is 0 Å². The fourth-order valence-corrected chi connectivity index (χ4v) is 3.24. The molecule has 2 rings (SSSR count). The topological polar surface area (TPSA) is 41.0 Å². The minimum Gasteiger partial charge on any atom is -0.370 e. The summed E-state index contributed by atoms with van der Waals surface area (Å²) in [4.78, 5) is 3.94. The van der Waals surface area contributed by atoms with Crippen LogP contribution < -0.4 is 20.4 Å². The number of nitrogens with zero attached hydrogens (tertiary/aromatic N) is 1. The molecule has 0 saturated carbocycles. The fourth-order valence-electron chi connectivity index (χ4n) is 3.02. The van der Waals surface area contributed by atoms with Crippen LogP contribution >= 0.6 is 12.2 Å². The number of quaternary nitrogens is 1. The van der Waals surface area contributed by atoms with Crippen LogP contribution in [0.15, 0.2) is 24.3 Å². The van der Waals surface area contributed by atoms with Crippen LogP contribution in [0.25, 0.3) is 0 Å². The van der Waals surface area contributed by atoms with Crippen LogP contribution in [-0.4, -0.2) is 57.1 Å². The predicted octanol–water partition coefficient (Wildman–Crippen LogP) is 1.12. The second-order valence-electron chi connectivity index (χ2n) is 6.42. The third kappa shape index (κ3) is 5.92. The van der Waals surface area contributed by atoms with E-state index in [-0.39, 0.29) is 0 Å². The van der Waals surface area contributed by atoms with Crippen molar-refractivity contribution < 1.29 is 9.64 Å². The molecule has 1 heterocycles. The lowest BCUT2D eigenvalue weighted by Gasteiger charge is -2.27. The van der Waals surface area contributed by atoms with Gasteiger partial charge in [-0.25, -0.2) is 0 Å². The summed E-state index contributed by atoms with van der Waals surface area (Å²) in [6.07, 6.45) is 0. The molecule has 0 unspecified atom stereocenters. The van der Waals surface area contributed by atoms with E-state index in [2.05, 4.69) is 60.6 Å². The van der Waals surface area contributed by atoms with Gasteiger partial charge in [-0.05, 0) is 57.3 Å². The van der Waals surface area contributed by atoms with E-state index in [1.807, 2.05) is 0 Å². The summed E-state index contributed by atoms with van der Waals surface area (Å²) in [6.45, 7) is 13.5. The highest BCUT2D eigenvalue weighted by Gasteiger charge is 2.13. The number of morpholine rings is 1. The fraction of sp³-hybridized carbons (Fsp3) is 0.611. The van der Waals surface area contributed by atoms with Crippen LogP contribution in [0.1, 0.15) is 20.8 Å². The van der Waals surface area contributed by atoms with Gasteiger partial charge < -0.3 is 25.2 Å². The van der Waals surface area contributed by atoms with Crippen LogP contribution in [-0.2, 0) is 4.74 Å². The second kappa shape index (κ2) is 9.81. The molecule has 134 valence electrons. The van der Waals surface area contributed by atoms with E-state index in [1.54, 1.807) is 4.90 Å². The molecule has 6 heteroatoms. The summed E-state index contributed by atoms with van der Waals surface area (Å²) in [5.74, 6) is 0. The Morgan fingerprint density at radius 3 is 2.50 bits per heavy atom. The zero-order chi connectivity index (χ0) is 17.4. The average molecular weight is 352 g/mol. The highest BCUT2D eigenvalue weighted by molar-refractivity contribution is 7.80. The number of ether oxygens (including phenoxy) is 1. The summed E-state index contributed by atoms with van der Waals surface area (Å²) in [5.41, 5.74) is 2.27. The maximum absolute atomic E-state index is 5.39. The van der Waals surface area contributed by atoms with Crippen molar-refractivity contribution in [3.63, 3.8) is 0 Å². The lowest BCUT2D eigenvalue weighted by Crippen LogP contribution is -3.14.